The van der Waals surface area contributed by atoms with Crippen LogP contribution in [0.15, 0.2) is 42.5 Å². The van der Waals surface area contributed by atoms with Gasteiger partial charge in [0, 0.05) is 17.7 Å². The molecular weight excluding hydrogens is 292 g/mol. The zero-order valence-electron chi connectivity index (χ0n) is 12.3. The van der Waals surface area contributed by atoms with Crippen molar-refractivity contribution in [3.63, 3.8) is 0 Å². The molecule has 0 bridgehead atoms. The number of aryl methyl sites for hydroxylation is 1. The van der Waals surface area contributed by atoms with Gasteiger partial charge in [-0.05, 0) is 48.4 Å². The van der Waals surface area contributed by atoms with Crippen LogP contribution in [0.3, 0.4) is 0 Å². The van der Waals surface area contributed by atoms with Gasteiger partial charge in [-0.15, -0.1) is 0 Å². The summed E-state index contributed by atoms with van der Waals surface area (Å²) in [4.78, 5) is 23.6. The summed E-state index contributed by atoms with van der Waals surface area (Å²) in [6.45, 7) is -0.0972. The lowest BCUT2D eigenvalue weighted by Gasteiger charge is -2.17. The molecular formula is C18H14N2O3. The zero-order chi connectivity index (χ0) is 16.2. The highest BCUT2D eigenvalue weighted by Gasteiger charge is 2.16. The molecule has 0 saturated heterocycles. The van der Waals surface area contributed by atoms with Gasteiger partial charge in [0.15, 0.2) is 12.4 Å². The molecule has 0 aromatic heterocycles. The largest absolute Gasteiger partial charge is 0.485 e. The van der Waals surface area contributed by atoms with Crippen molar-refractivity contribution in [2.45, 2.75) is 12.8 Å². The Morgan fingerprint density at radius 1 is 1.22 bits per heavy atom. The minimum absolute atomic E-state index is 0.00251. The Balaban J connectivity index is 1.69. The van der Waals surface area contributed by atoms with Crippen LogP contribution < -0.4 is 10.1 Å². The summed E-state index contributed by atoms with van der Waals surface area (Å²) in [5, 5.41) is 11.6. The molecule has 1 N–H and O–H groups in total. The second-order valence-corrected chi connectivity index (χ2v) is 5.27. The number of carbonyl (C=O) groups is 2. The van der Waals surface area contributed by atoms with Gasteiger partial charge in [-0.2, -0.15) is 5.26 Å². The van der Waals surface area contributed by atoms with Gasteiger partial charge in [0.05, 0.1) is 11.6 Å². The summed E-state index contributed by atoms with van der Waals surface area (Å²) in [7, 11) is 0. The Morgan fingerprint density at radius 2 is 2.09 bits per heavy atom. The van der Waals surface area contributed by atoms with Gasteiger partial charge in [-0.3, -0.25) is 9.59 Å². The van der Waals surface area contributed by atoms with E-state index in [2.05, 4.69) is 5.32 Å². The van der Waals surface area contributed by atoms with Gasteiger partial charge >= 0.3 is 0 Å². The van der Waals surface area contributed by atoms with E-state index >= 15 is 0 Å². The first-order chi connectivity index (χ1) is 11.2. The molecule has 0 spiro atoms. The number of Topliss-reactive ketones (excluding diaryl/α,β-unsaturated/α-hetero) is 1. The molecule has 2 aromatic rings. The molecule has 2 aromatic carbocycles. The molecule has 5 nitrogen and oxygen atoms in total. The van der Waals surface area contributed by atoms with Gasteiger partial charge in [0.1, 0.15) is 5.75 Å². The molecule has 0 unspecified atom stereocenters. The molecule has 0 fully saturated rings. The first-order valence-corrected chi connectivity index (χ1v) is 7.24. The quantitative estimate of drug-likeness (QED) is 0.881. The number of hydrogen-bond donors (Lipinski definition) is 1. The van der Waals surface area contributed by atoms with Crippen molar-refractivity contribution in [2.75, 3.05) is 11.9 Å². The van der Waals surface area contributed by atoms with Crippen molar-refractivity contribution in [3.8, 4) is 11.8 Å². The number of nitrogens with one attached hydrogen (secondary N) is 1. The lowest BCUT2D eigenvalue weighted by molar-refractivity contribution is -0.116. The predicted molar refractivity (Wildman–Crippen MR) is 84.4 cm³/mol. The molecule has 1 aliphatic heterocycles. The second kappa shape index (κ2) is 6.32. The zero-order valence-corrected chi connectivity index (χ0v) is 12.3. The van der Waals surface area contributed by atoms with Crippen molar-refractivity contribution in [3.05, 3.63) is 59.2 Å². The molecule has 3 rings (SSSR count). The van der Waals surface area contributed by atoms with Crippen LogP contribution in [0.1, 0.15) is 27.9 Å². The van der Waals surface area contributed by atoms with Crippen molar-refractivity contribution in [1.82, 2.24) is 0 Å². The molecule has 0 saturated carbocycles. The van der Waals surface area contributed by atoms with Crippen molar-refractivity contribution in [1.29, 1.82) is 5.26 Å². The van der Waals surface area contributed by atoms with E-state index in [0.717, 1.165) is 11.3 Å². The summed E-state index contributed by atoms with van der Waals surface area (Å²) in [5.41, 5.74) is 2.76. The Morgan fingerprint density at radius 3 is 2.91 bits per heavy atom. The highest BCUT2D eigenvalue weighted by molar-refractivity contribution is 5.99. The maximum Gasteiger partial charge on any atom is 0.224 e. The fourth-order valence-electron chi connectivity index (χ4n) is 2.44. The molecule has 0 radical (unpaired) electrons. The molecule has 23 heavy (non-hydrogen) atoms. The SMILES string of the molecule is N#Cc1cccc(OCC(=O)c2ccc3c(c2)CCC(=O)N3)c1. The van der Waals surface area contributed by atoms with Gasteiger partial charge < -0.3 is 10.1 Å². The van der Waals surface area contributed by atoms with E-state index in [9.17, 15) is 9.59 Å². The molecule has 1 heterocycles. The maximum absolute atomic E-state index is 12.2. The summed E-state index contributed by atoms with van der Waals surface area (Å²) >= 11 is 0. The van der Waals surface area contributed by atoms with Crippen LogP contribution in [0, 0.1) is 11.3 Å². The molecule has 1 aliphatic rings. The normalized spacial score (nSPS) is 12.7. The number of ketones is 1. The van der Waals surface area contributed by atoms with Gasteiger partial charge in [-0.25, -0.2) is 0 Å². The topological polar surface area (TPSA) is 79.2 Å². The van der Waals surface area contributed by atoms with E-state index in [1.807, 2.05) is 6.07 Å². The number of nitrogens with zero attached hydrogens (tertiary/aromatic N) is 1. The van der Waals surface area contributed by atoms with Crippen LogP contribution in [0.5, 0.6) is 5.75 Å². The summed E-state index contributed by atoms with van der Waals surface area (Å²) < 4.78 is 5.46. The van der Waals surface area contributed by atoms with E-state index in [-0.39, 0.29) is 18.3 Å². The van der Waals surface area contributed by atoms with Crippen LogP contribution in [0.4, 0.5) is 5.69 Å². The van der Waals surface area contributed by atoms with E-state index in [0.29, 0.717) is 29.7 Å². The minimum Gasteiger partial charge on any atom is -0.485 e. The standard InChI is InChI=1S/C18H14N2O3/c19-10-12-2-1-3-15(8-12)23-11-17(21)14-4-6-16-13(9-14)5-7-18(22)20-16/h1-4,6,8-9H,5,7,11H2,(H,20,22). The highest BCUT2D eigenvalue weighted by Crippen LogP contribution is 2.24. The Labute approximate surface area is 133 Å². The van der Waals surface area contributed by atoms with Crippen LogP contribution in [0.2, 0.25) is 0 Å². The Hall–Kier alpha value is -3.13. The number of anilines is 1. The number of amides is 1. The van der Waals surface area contributed by atoms with Crippen LogP contribution in [0.25, 0.3) is 0 Å². The number of carbonyl (C=O) groups excluding carboxylic acids is 2. The third-order valence-electron chi connectivity index (χ3n) is 3.66. The second-order valence-electron chi connectivity index (χ2n) is 5.27. The lowest BCUT2D eigenvalue weighted by atomic mass is 9.99. The van der Waals surface area contributed by atoms with E-state index in [4.69, 9.17) is 10.00 Å². The van der Waals surface area contributed by atoms with E-state index in [1.165, 1.54) is 0 Å². The van der Waals surface area contributed by atoms with E-state index in [1.54, 1.807) is 42.5 Å². The molecule has 0 atom stereocenters. The van der Waals surface area contributed by atoms with Gasteiger partial charge in [-0.1, -0.05) is 6.07 Å². The predicted octanol–water partition coefficient (Wildman–Crippen LogP) is 2.70. The number of rotatable bonds is 4. The van der Waals surface area contributed by atoms with Gasteiger partial charge in [0.25, 0.3) is 0 Å². The summed E-state index contributed by atoms with van der Waals surface area (Å²) in [6, 6.07) is 13.9. The first kappa shape index (κ1) is 14.8. The molecule has 0 aliphatic carbocycles. The summed E-state index contributed by atoms with van der Waals surface area (Å²) in [6.07, 6.45) is 1.06. The van der Waals surface area contributed by atoms with Crippen LogP contribution in [-0.2, 0) is 11.2 Å². The Bertz CT molecular complexity index is 821. The average molecular weight is 306 g/mol. The third-order valence-corrected chi connectivity index (χ3v) is 3.66. The van der Waals surface area contributed by atoms with E-state index < -0.39 is 0 Å². The number of nitriles is 1. The number of fused-ring (bicyclic) bond motifs is 1. The maximum atomic E-state index is 12.2. The van der Waals surface area contributed by atoms with Crippen molar-refractivity contribution in [2.24, 2.45) is 0 Å². The monoisotopic (exact) mass is 306 g/mol. The number of ether oxygens (including phenoxy) is 1. The smallest absolute Gasteiger partial charge is 0.224 e. The van der Waals surface area contributed by atoms with Gasteiger partial charge in [0.2, 0.25) is 5.91 Å². The van der Waals surface area contributed by atoms with Crippen LogP contribution in [-0.4, -0.2) is 18.3 Å². The highest BCUT2D eigenvalue weighted by atomic mass is 16.5. The molecule has 114 valence electrons. The number of hydrogen-bond acceptors (Lipinski definition) is 4. The minimum atomic E-state index is -0.146. The molecule has 1 amide bonds. The molecule has 5 heteroatoms. The third kappa shape index (κ3) is 3.38. The average Bonchev–Trinajstić information content (AvgIpc) is 2.59. The Kier molecular flexibility index (Phi) is 4.07. The lowest BCUT2D eigenvalue weighted by Crippen LogP contribution is -2.20. The fraction of sp³-hybridized carbons (Fsp3) is 0.167. The number of benzene rings is 2. The summed E-state index contributed by atoms with van der Waals surface area (Å²) in [5.74, 6) is 0.340. The van der Waals surface area contributed by atoms with Crippen LogP contribution >= 0.6 is 0 Å². The van der Waals surface area contributed by atoms with Crippen molar-refractivity contribution >= 4 is 17.4 Å². The fourth-order valence-corrected chi connectivity index (χ4v) is 2.44. The first-order valence-electron chi connectivity index (χ1n) is 7.24. The van der Waals surface area contributed by atoms with Crippen molar-refractivity contribution < 1.29 is 14.3 Å².